The number of hydrogen-bond acceptors (Lipinski definition) is 8. The highest BCUT2D eigenvalue weighted by atomic mass is 32.1. The lowest BCUT2D eigenvalue weighted by Crippen LogP contribution is -2.56. The molecule has 1 saturated heterocycles. The molecule has 10 nitrogen and oxygen atoms in total. The summed E-state index contributed by atoms with van der Waals surface area (Å²) in [6, 6.07) is 9.40. The maximum absolute atomic E-state index is 13.4. The van der Waals surface area contributed by atoms with Crippen molar-refractivity contribution in [3.05, 3.63) is 53.7 Å². The first kappa shape index (κ1) is 26.8. The first-order chi connectivity index (χ1) is 18.9. The van der Waals surface area contributed by atoms with Crippen LogP contribution in [0.5, 0.6) is 0 Å². The molecule has 2 N–H and O–H groups in total. The van der Waals surface area contributed by atoms with Crippen molar-refractivity contribution in [3.8, 4) is 21.8 Å². The van der Waals surface area contributed by atoms with Gasteiger partial charge in [-0.05, 0) is 56.1 Å². The predicted octanol–water partition coefficient (Wildman–Crippen LogP) is 3.30. The predicted molar refractivity (Wildman–Crippen MR) is 154 cm³/mol. The summed E-state index contributed by atoms with van der Waals surface area (Å²) >= 11 is 1.62. The molecule has 4 aromatic heterocycles. The van der Waals surface area contributed by atoms with Crippen LogP contribution in [-0.2, 0) is 4.79 Å². The van der Waals surface area contributed by atoms with Crippen molar-refractivity contribution in [2.24, 2.45) is 0 Å². The number of carbonyl (C=O) groups is 2. The first-order valence-electron chi connectivity index (χ1n) is 13.3. The van der Waals surface area contributed by atoms with Crippen LogP contribution in [0.25, 0.3) is 27.5 Å². The molecule has 1 aliphatic rings. The number of carbonyl (C=O) groups excluding carboxylic acids is 2. The molecular formula is C28H34N8O2S. The van der Waals surface area contributed by atoms with Crippen LogP contribution < -0.4 is 15.5 Å². The van der Waals surface area contributed by atoms with Crippen molar-refractivity contribution in [2.45, 2.75) is 39.3 Å². The van der Waals surface area contributed by atoms with E-state index in [2.05, 4.69) is 41.4 Å². The van der Waals surface area contributed by atoms with E-state index in [1.807, 2.05) is 34.7 Å². The van der Waals surface area contributed by atoms with Crippen LogP contribution >= 0.6 is 11.3 Å². The van der Waals surface area contributed by atoms with E-state index in [1.54, 1.807) is 41.2 Å². The molecule has 39 heavy (non-hydrogen) atoms. The largest absolute Gasteiger partial charge is 0.357 e. The average molecular weight is 547 g/mol. The van der Waals surface area contributed by atoms with Crippen molar-refractivity contribution < 1.29 is 9.59 Å². The molecule has 11 heteroatoms. The summed E-state index contributed by atoms with van der Waals surface area (Å²) in [5, 5.41) is 12.3. The van der Waals surface area contributed by atoms with E-state index in [-0.39, 0.29) is 23.9 Å². The lowest BCUT2D eigenvalue weighted by atomic mass is 10.0. The van der Waals surface area contributed by atoms with Gasteiger partial charge >= 0.3 is 0 Å². The standard InChI is InChI=1S/C28H34N8O2S/c1-5-34(6-2)18(3)16-30-27(37)19-14-22(32-25(15-19)35-11-10-23(35)28(38)29-4)20-17-31-36-12-9-21(33-26(20)36)24-8-7-13-39-24/h7-9,12-15,17-18,23H,5-6,10-11,16H2,1-4H3,(H,29,38)(H,30,37). The highest BCUT2D eigenvalue weighted by Crippen LogP contribution is 2.31. The number of thiophene rings is 1. The van der Waals surface area contributed by atoms with Gasteiger partial charge in [-0.15, -0.1) is 11.3 Å². The molecule has 4 aromatic rings. The number of aromatic nitrogens is 4. The zero-order valence-electron chi connectivity index (χ0n) is 22.7. The van der Waals surface area contributed by atoms with Gasteiger partial charge in [-0.3, -0.25) is 14.5 Å². The first-order valence-corrected chi connectivity index (χ1v) is 14.2. The Kier molecular flexibility index (Phi) is 7.89. The van der Waals surface area contributed by atoms with E-state index in [9.17, 15) is 9.59 Å². The minimum absolute atomic E-state index is 0.0641. The highest BCUT2D eigenvalue weighted by Gasteiger charge is 2.35. The van der Waals surface area contributed by atoms with Gasteiger partial charge in [0.1, 0.15) is 11.9 Å². The van der Waals surface area contributed by atoms with Gasteiger partial charge in [0.15, 0.2) is 5.65 Å². The van der Waals surface area contributed by atoms with Crippen LogP contribution in [0.15, 0.2) is 48.1 Å². The maximum Gasteiger partial charge on any atom is 0.251 e. The summed E-state index contributed by atoms with van der Waals surface area (Å²) in [6.07, 6.45) is 4.34. The third-order valence-corrected chi connectivity index (χ3v) is 8.24. The number of amides is 2. The Balaban J connectivity index is 1.52. The van der Waals surface area contributed by atoms with Crippen molar-refractivity contribution in [3.63, 3.8) is 0 Å². The normalized spacial score (nSPS) is 15.8. The molecule has 0 bridgehead atoms. The van der Waals surface area contributed by atoms with Crippen LogP contribution in [0.2, 0.25) is 0 Å². The second-order valence-electron chi connectivity index (χ2n) is 9.61. The fourth-order valence-electron chi connectivity index (χ4n) is 4.96. The van der Waals surface area contributed by atoms with Gasteiger partial charge in [0.25, 0.3) is 5.91 Å². The molecule has 0 aromatic carbocycles. The third-order valence-electron chi connectivity index (χ3n) is 7.35. The summed E-state index contributed by atoms with van der Waals surface area (Å²) in [6.45, 7) is 9.40. The summed E-state index contributed by atoms with van der Waals surface area (Å²) in [5.74, 6) is 0.341. The summed E-state index contributed by atoms with van der Waals surface area (Å²) < 4.78 is 1.71. The Labute approximate surface area is 232 Å². The summed E-state index contributed by atoms with van der Waals surface area (Å²) in [7, 11) is 1.63. The van der Waals surface area contributed by atoms with Gasteiger partial charge < -0.3 is 15.5 Å². The van der Waals surface area contributed by atoms with Crippen LogP contribution in [0, 0.1) is 0 Å². The zero-order chi connectivity index (χ0) is 27.5. The molecule has 5 rings (SSSR count). The van der Waals surface area contributed by atoms with Crippen LogP contribution in [0.1, 0.15) is 37.6 Å². The molecule has 2 unspecified atom stereocenters. The molecule has 2 atom stereocenters. The maximum atomic E-state index is 13.4. The van der Waals surface area contributed by atoms with Crippen LogP contribution in [0.4, 0.5) is 5.82 Å². The molecule has 1 aliphatic heterocycles. The summed E-state index contributed by atoms with van der Waals surface area (Å²) in [4.78, 5) is 40.9. The smallest absolute Gasteiger partial charge is 0.251 e. The third kappa shape index (κ3) is 5.37. The molecule has 0 radical (unpaired) electrons. The number of pyridine rings is 1. The number of hydrogen-bond donors (Lipinski definition) is 2. The van der Waals surface area contributed by atoms with Gasteiger partial charge in [0, 0.05) is 37.9 Å². The molecule has 0 aliphatic carbocycles. The fourth-order valence-corrected chi connectivity index (χ4v) is 5.66. The van der Waals surface area contributed by atoms with Crippen molar-refractivity contribution >= 4 is 34.6 Å². The lowest BCUT2D eigenvalue weighted by molar-refractivity contribution is -0.123. The van der Waals surface area contributed by atoms with Gasteiger partial charge in [-0.25, -0.2) is 14.5 Å². The van der Waals surface area contributed by atoms with E-state index >= 15 is 0 Å². The second-order valence-corrected chi connectivity index (χ2v) is 10.6. The van der Waals surface area contributed by atoms with E-state index < -0.39 is 0 Å². The molecule has 0 spiro atoms. The Morgan fingerprint density at radius 1 is 1.18 bits per heavy atom. The Hall–Kier alpha value is -3.83. The minimum Gasteiger partial charge on any atom is -0.357 e. The number of anilines is 1. The summed E-state index contributed by atoms with van der Waals surface area (Å²) in [5.41, 5.74) is 3.29. The lowest BCUT2D eigenvalue weighted by Gasteiger charge is -2.40. The van der Waals surface area contributed by atoms with Gasteiger partial charge in [-0.2, -0.15) is 5.10 Å². The topological polar surface area (TPSA) is 108 Å². The second kappa shape index (κ2) is 11.5. The van der Waals surface area contributed by atoms with Crippen LogP contribution in [0.3, 0.4) is 0 Å². The molecule has 5 heterocycles. The Bertz CT molecular complexity index is 1460. The Morgan fingerprint density at radius 2 is 2.00 bits per heavy atom. The van der Waals surface area contributed by atoms with Gasteiger partial charge in [0.2, 0.25) is 5.91 Å². The van der Waals surface area contributed by atoms with Crippen molar-refractivity contribution in [2.75, 3.05) is 38.1 Å². The molecule has 204 valence electrons. The van der Waals surface area contributed by atoms with Gasteiger partial charge in [-0.1, -0.05) is 19.9 Å². The molecule has 2 amide bonds. The van der Waals surface area contributed by atoms with Crippen molar-refractivity contribution in [1.29, 1.82) is 0 Å². The molecular weight excluding hydrogens is 512 g/mol. The number of fused-ring (bicyclic) bond motifs is 1. The average Bonchev–Trinajstić information content (AvgIpc) is 3.61. The van der Waals surface area contributed by atoms with E-state index in [1.165, 1.54) is 0 Å². The fraction of sp³-hybridized carbons (Fsp3) is 0.393. The number of nitrogens with zero attached hydrogens (tertiary/aromatic N) is 6. The van der Waals surface area contributed by atoms with Crippen molar-refractivity contribution in [1.82, 2.24) is 35.1 Å². The van der Waals surface area contributed by atoms with Crippen LogP contribution in [-0.4, -0.2) is 81.6 Å². The number of rotatable bonds is 10. The monoisotopic (exact) mass is 546 g/mol. The van der Waals surface area contributed by atoms with E-state index in [0.29, 0.717) is 35.8 Å². The van der Waals surface area contributed by atoms with Gasteiger partial charge in [0.05, 0.1) is 28.0 Å². The Morgan fingerprint density at radius 3 is 2.67 bits per heavy atom. The van der Waals surface area contributed by atoms with E-state index in [0.717, 1.165) is 35.6 Å². The molecule has 0 saturated carbocycles. The SMILES string of the molecule is CCN(CC)C(C)CNC(=O)c1cc(-c2cnn3ccc(-c4cccs4)nc23)nc(N2CCC2C(=O)NC)c1. The zero-order valence-corrected chi connectivity index (χ0v) is 23.5. The minimum atomic E-state index is -0.316. The quantitative estimate of drug-likeness (QED) is 0.314. The number of nitrogens with one attached hydrogen (secondary N) is 2. The molecule has 1 fully saturated rings. The number of likely N-dealkylation sites (N-methyl/N-ethyl adjacent to an activating group) is 2. The highest BCUT2D eigenvalue weighted by molar-refractivity contribution is 7.13. The van der Waals surface area contributed by atoms with E-state index in [4.69, 9.17) is 9.97 Å².